The van der Waals surface area contributed by atoms with Crippen LogP contribution in [0, 0.1) is 0 Å². The monoisotopic (exact) mass is 688 g/mol. The second-order valence-electron chi connectivity index (χ2n) is 10.9. The van der Waals surface area contributed by atoms with Gasteiger partial charge in [-0.1, -0.05) is 53.5 Å². The molecule has 0 aliphatic carbocycles. The predicted octanol–water partition coefficient (Wildman–Crippen LogP) is 6.02. The average Bonchev–Trinajstić information content (AvgIpc) is 3.42. The molecule has 5 rings (SSSR count). The number of aryl methyl sites for hydroxylation is 1. The van der Waals surface area contributed by atoms with E-state index in [0.717, 1.165) is 28.3 Å². The number of nitrogens with zero attached hydrogens (tertiary/aromatic N) is 1. The van der Waals surface area contributed by atoms with E-state index in [9.17, 15) is 44.4 Å². The molecule has 13 heteroatoms. The van der Waals surface area contributed by atoms with E-state index in [2.05, 4.69) is 5.32 Å². The Morgan fingerprint density at radius 2 is 1.40 bits per heavy atom. The number of hydrogen-bond acceptors (Lipinski definition) is 8. The quantitative estimate of drug-likeness (QED) is 0.103. The summed E-state index contributed by atoms with van der Waals surface area (Å²) in [5, 5.41) is 41.7. The van der Waals surface area contributed by atoms with Crippen molar-refractivity contribution >= 4 is 63.5 Å². The Kier molecular flexibility index (Phi) is 9.83. The smallest absolute Gasteiger partial charge is 0.326 e. The van der Waals surface area contributed by atoms with Crippen molar-refractivity contribution in [2.45, 2.75) is 25.3 Å². The Morgan fingerprint density at radius 1 is 0.729 bits per heavy atom. The van der Waals surface area contributed by atoms with Crippen molar-refractivity contribution in [3.63, 3.8) is 0 Å². The molecule has 0 radical (unpaired) electrons. The summed E-state index contributed by atoms with van der Waals surface area (Å²) in [6.45, 7) is 0. The first kappa shape index (κ1) is 33.7. The molecule has 5 N–H and O–H groups in total. The minimum Gasteiger partial charge on any atom is -0.508 e. The van der Waals surface area contributed by atoms with Gasteiger partial charge in [0.05, 0.1) is 21.1 Å². The standard InChI is InChI=1S/C35H26Cl2N2O9/c36-25-13-20(30(43)9-8-18-4-3-6-22(40)10-18)14-26(37)32(25)31(44)17-27(35(47)48)38-33(45)29-15-19-5-1-2-7-28(19)39(29)34(46)21-11-23(41)16-24(42)12-21/h1-7,10-16,27,40-42H,8-9,17H2,(H,38,45)(H,47,48). The second kappa shape index (κ2) is 14.0. The van der Waals surface area contributed by atoms with E-state index < -0.39 is 47.5 Å². The lowest BCUT2D eigenvalue weighted by Gasteiger charge is -2.16. The predicted molar refractivity (Wildman–Crippen MR) is 176 cm³/mol. The van der Waals surface area contributed by atoms with Gasteiger partial charge < -0.3 is 25.7 Å². The molecule has 0 spiro atoms. The molecule has 1 heterocycles. The van der Waals surface area contributed by atoms with Crippen LogP contribution in [-0.4, -0.2) is 60.4 Å². The van der Waals surface area contributed by atoms with Crippen LogP contribution in [0.2, 0.25) is 10.0 Å². The average molecular weight is 690 g/mol. The second-order valence-corrected chi connectivity index (χ2v) is 11.7. The van der Waals surface area contributed by atoms with E-state index in [0.29, 0.717) is 11.8 Å². The normalized spacial score (nSPS) is 11.6. The van der Waals surface area contributed by atoms with Gasteiger partial charge >= 0.3 is 5.97 Å². The highest BCUT2D eigenvalue weighted by molar-refractivity contribution is 6.40. The van der Waals surface area contributed by atoms with Gasteiger partial charge in [-0.3, -0.25) is 23.7 Å². The summed E-state index contributed by atoms with van der Waals surface area (Å²) in [7, 11) is 0. The van der Waals surface area contributed by atoms with Crippen molar-refractivity contribution < 1.29 is 44.4 Å². The molecular formula is C35H26Cl2N2O9. The number of phenols is 3. The minimum atomic E-state index is -1.79. The van der Waals surface area contributed by atoms with Crippen LogP contribution in [0.25, 0.3) is 10.9 Å². The van der Waals surface area contributed by atoms with Gasteiger partial charge in [-0.05, 0) is 60.5 Å². The fourth-order valence-corrected chi connectivity index (χ4v) is 5.92. The molecule has 4 aromatic carbocycles. The van der Waals surface area contributed by atoms with Crippen LogP contribution in [0.4, 0.5) is 0 Å². The van der Waals surface area contributed by atoms with Gasteiger partial charge in [-0.2, -0.15) is 0 Å². The van der Waals surface area contributed by atoms with Gasteiger partial charge in [0.1, 0.15) is 29.0 Å². The van der Waals surface area contributed by atoms with Gasteiger partial charge in [0.25, 0.3) is 11.8 Å². The molecule has 0 aliphatic rings. The molecule has 1 unspecified atom stereocenters. The minimum absolute atomic E-state index is 0.0579. The van der Waals surface area contributed by atoms with Crippen LogP contribution in [0.15, 0.2) is 84.9 Å². The number of benzene rings is 4. The molecule has 5 aromatic rings. The lowest BCUT2D eigenvalue weighted by Crippen LogP contribution is -2.43. The van der Waals surface area contributed by atoms with Crippen molar-refractivity contribution in [2.24, 2.45) is 0 Å². The molecule has 11 nitrogen and oxygen atoms in total. The van der Waals surface area contributed by atoms with Gasteiger partial charge in [0.15, 0.2) is 11.6 Å². The van der Waals surface area contributed by atoms with Crippen molar-refractivity contribution in [3.05, 3.63) is 123 Å². The zero-order valence-electron chi connectivity index (χ0n) is 24.8. The molecule has 0 saturated carbocycles. The maximum atomic E-state index is 13.5. The summed E-state index contributed by atoms with van der Waals surface area (Å²) < 4.78 is 1.00. The summed E-state index contributed by atoms with van der Waals surface area (Å²) in [5.74, 6) is -5.25. The molecule has 244 valence electrons. The number of carboxylic acids is 1. The Bertz CT molecular complexity index is 2080. The van der Waals surface area contributed by atoms with Crippen molar-refractivity contribution in [2.75, 3.05) is 0 Å². The molecule has 0 aliphatic heterocycles. The van der Waals surface area contributed by atoms with E-state index in [-0.39, 0.29) is 55.9 Å². The third kappa shape index (κ3) is 7.33. The highest BCUT2D eigenvalue weighted by atomic mass is 35.5. The number of fused-ring (bicyclic) bond motifs is 1. The summed E-state index contributed by atoms with van der Waals surface area (Å²) in [4.78, 5) is 65.4. The zero-order chi connectivity index (χ0) is 34.7. The van der Waals surface area contributed by atoms with Gasteiger partial charge in [0.2, 0.25) is 0 Å². The number of para-hydroxylation sites is 1. The van der Waals surface area contributed by atoms with Gasteiger partial charge in [-0.15, -0.1) is 0 Å². The number of nitrogens with one attached hydrogen (secondary N) is 1. The Hall–Kier alpha value is -5.65. The van der Waals surface area contributed by atoms with Crippen LogP contribution < -0.4 is 5.32 Å². The topological polar surface area (TPSA) is 183 Å². The van der Waals surface area contributed by atoms with E-state index in [4.69, 9.17) is 23.2 Å². The van der Waals surface area contributed by atoms with E-state index in [1.807, 2.05) is 0 Å². The summed E-state index contributed by atoms with van der Waals surface area (Å²) in [6, 6.07) is 18.2. The third-order valence-corrected chi connectivity index (χ3v) is 8.08. The van der Waals surface area contributed by atoms with Crippen LogP contribution in [0.3, 0.4) is 0 Å². The van der Waals surface area contributed by atoms with Crippen molar-refractivity contribution in [3.8, 4) is 17.2 Å². The largest absolute Gasteiger partial charge is 0.508 e. The summed E-state index contributed by atoms with van der Waals surface area (Å²) >= 11 is 12.7. The van der Waals surface area contributed by atoms with Crippen LogP contribution in [-0.2, 0) is 11.2 Å². The molecule has 1 aromatic heterocycles. The highest BCUT2D eigenvalue weighted by Crippen LogP contribution is 2.30. The number of Topliss-reactive ketones (excluding diaryl/α,β-unsaturated/α-hetero) is 2. The number of amides is 1. The first-order valence-corrected chi connectivity index (χ1v) is 15.1. The molecule has 48 heavy (non-hydrogen) atoms. The number of aromatic hydroxyl groups is 3. The van der Waals surface area contributed by atoms with E-state index in [1.165, 1.54) is 30.3 Å². The van der Waals surface area contributed by atoms with Crippen LogP contribution in [0.5, 0.6) is 17.2 Å². The number of phenolic OH excluding ortho intramolecular Hbond substituents is 3. The number of carbonyl (C=O) groups excluding carboxylic acids is 4. The Balaban J connectivity index is 1.36. The number of ketones is 2. The fraction of sp³-hybridized carbons (Fsp3) is 0.114. The number of hydrogen-bond donors (Lipinski definition) is 5. The fourth-order valence-electron chi connectivity index (χ4n) is 5.22. The third-order valence-electron chi connectivity index (χ3n) is 7.48. The Labute approximate surface area is 282 Å². The maximum Gasteiger partial charge on any atom is 0.326 e. The first-order valence-electron chi connectivity index (χ1n) is 14.4. The molecule has 0 fully saturated rings. The first-order chi connectivity index (χ1) is 22.8. The van der Waals surface area contributed by atoms with Crippen molar-refractivity contribution in [1.29, 1.82) is 0 Å². The van der Waals surface area contributed by atoms with Crippen LogP contribution in [0.1, 0.15) is 60.0 Å². The molecule has 1 atom stereocenters. The molecule has 0 saturated heterocycles. The van der Waals surface area contributed by atoms with Crippen LogP contribution >= 0.6 is 23.2 Å². The molecule has 1 amide bonds. The zero-order valence-corrected chi connectivity index (χ0v) is 26.3. The van der Waals surface area contributed by atoms with Gasteiger partial charge in [-0.25, -0.2) is 4.79 Å². The Morgan fingerprint density at radius 3 is 2.04 bits per heavy atom. The number of aromatic nitrogens is 1. The van der Waals surface area contributed by atoms with Crippen molar-refractivity contribution in [1.82, 2.24) is 9.88 Å². The maximum absolute atomic E-state index is 13.5. The number of aliphatic carboxylic acids is 1. The number of halogens is 2. The summed E-state index contributed by atoms with van der Waals surface area (Å²) in [5.41, 5.74) is 0.482. The number of carbonyl (C=O) groups is 5. The lowest BCUT2D eigenvalue weighted by molar-refractivity contribution is -0.139. The molecular weight excluding hydrogens is 663 g/mol. The SMILES string of the molecule is O=C(CCc1cccc(O)c1)c1cc(Cl)c(C(=O)CC(NC(=O)c2cc3ccccc3n2C(=O)c2cc(O)cc(O)c2)C(=O)O)c(Cl)c1. The lowest BCUT2D eigenvalue weighted by atomic mass is 9.98. The number of rotatable bonds is 11. The highest BCUT2D eigenvalue weighted by Gasteiger charge is 2.30. The number of carboxylic acid groups (broad SMARTS) is 1. The summed E-state index contributed by atoms with van der Waals surface area (Å²) in [6.07, 6.45) is -0.397. The van der Waals surface area contributed by atoms with Gasteiger partial charge in [0, 0.05) is 35.4 Å². The van der Waals surface area contributed by atoms with E-state index >= 15 is 0 Å². The molecule has 0 bridgehead atoms. The van der Waals surface area contributed by atoms with E-state index in [1.54, 1.807) is 36.4 Å².